The Morgan fingerprint density at radius 2 is 1.96 bits per heavy atom. The third-order valence-electron chi connectivity index (χ3n) is 5.78. The Balaban J connectivity index is 1.64. The number of halogens is 1. The van der Waals surface area contributed by atoms with Gasteiger partial charge in [0.25, 0.3) is 0 Å². The number of aromatic nitrogens is 2. The molecule has 6 nitrogen and oxygen atoms in total. The van der Waals surface area contributed by atoms with Gasteiger partial charge in [-0.3, -0.25) is 4.79 Å². The van der Waals surface area contributed by atoms with Gasteiger partial charge in [-0.15, -0.1) is 0 Å². The Bertz CT molecular complexity index is 812. The fourth-order valence-electron chi connectivity index (χ4n) is 4.22. The summed E-state index contributed by atoms with van der Waals surface area (Å²) in [6.45, 7) is 6.49. The van der Waals surface area contributed by atoms with Crippen molar-refractivity contribution < 1.29 is 18.4 Å². The van der Waals surface area contributed by atoms with E-state index in [-0.39, 0.29) is 29.0 Å². The van der Waals surface area contributed by atoms with Gasteiger partial charge in [0.15, 0.2) is 0 Å². The standard InChI is InChI=1S/C20H24FN3O3/c1-13(2)19(25)24-11-16(20(12-24)7-9-26-10-8-20)18-22-17(23-27-18)14-3-5-15(21)6-4-14/h3-6,13,16H,7-12H2,1-2H3/t16-/m0/s1. The highest BCUT2D eigenvalue weighted by Gasteiger charge is 2.51. The fraction of sp³-hybridized carbons (Fsp3) is 0.550. The van der Waals surface area contributed by atoms with Gasteiger partial charge in [0.2, 0.25) is 17.6 Å². The lowest BCUT2D eigenvalue weighted by Gasteiger charge is -2.36. The van der Waals surface area contributed by atoms with E-state index < -0.39 is 0 Å². The Morgan fingerprint density at radius 3 is 2.63 bits per heavy atom. The van der Waals surface area contributed by atoms with Crippen LogP contribution in [0.15, 0.2) is 28.8 Å². The van der Waals surface area contributed by atoms with E-state index in [4.69, 9.17) is 9.26 Å². The average molecular weight is 373 g/mol. The maximum absolute atomic E-state index is 13.2. The highest BCUT2D eigenvalue weighted by Crippen LogP contribution is 2.49. The van der Waals surface area contributed by atoms with Gasteiger partial charge in [0.05, 0.1) is 5.92 Å². The number of amides is 1. The molecule has 1 aromatic carbocycles. The van der Waals surface area contributed by atoms with E-state index in [1.807, 2.05) is 18.7 Å². The molecule has 1 atom stereocenters. The van der Waals surface area contributed by atoms with Crippen molar-refractivity contribution >= 4 is 5.91 Å². The predicted molar refractivity (Wildman–Crippen MR) is 96.3 cm³/mol. The molecule has 2 fully saturated rings. The molecule has 0 aliphatic carbocycles. The molecule has 144 valence electrons. The minimum absolute atomic E-state index is 0.00852. The van der Waals surface area contributed by atoms with Crippen LogP contribution < -0.4 is 0 Å². The van der Waals surface area contributed by atoms with Gasteiger partial charge in [-0.1, -0.05) is 19.0 Å². The molecule has 0 radical (unpaired) electrons. The van der Waals surface area contributed by atoms with Crippen molar-refractivity contribution in [2.24, 2.45) is 11.3 Å². The van der Waals surface area contributed by atoms with Crippen LogP contribution in [0, 0.1) is 17.2 Å². The lowest BCUT2D eigenvalue weighted by Crippen LogP contribution is -2.38. The first-order valence-corrected chi connectivity index (χ1v) is 9.45. The summed E-state index contributed by atoms with van der Waals surface area (Å²) in [6, 6.07) is 6.03. The molecule has 0 saturated carbocycles. The average Bonchev–Trinajstić information content (AvgIpc) is 3.28. The second kappa shape index (κ2) is 7.03. The van der Waals surface area contributed by atoms with Gasteiger partial charge in [0.1, 0.15) is 5.82 Å². The van der Waals surface area contributed by atoms with Crippen molar-refractivity contribution in [3.05, 3.63) is 36.0 Å². The summed E-state index contributed by atoms with van der Waals surface area (Å²) in [7, 11) is 0. The molecule has 0 N–H and O–H groups in total. The van der Waals surface area contributed by atoms with Crippen molar-refractivity contribution in [2.45, 2.75) is 32.6 Å². The molecular formula is C20H24FN3O3. The number of carbonyl (C=O) groups excluding carboxylic acids is 1. The molecule has 2 aliphatic rings. The SMILES string of the molecule is CC(C)C(=O)N1C[C@@H](c2nc(-c3ccc(F)cc3)no2)C2(CCOCC2)C1. The molecule has 2 aromatic rings. The number of carbonyl (C=O) groups is 1. The van der Waals surface area contributed by atoms with E-state index in [0.717, 1.165) is 12.8 Å². The molecule has 2 saturated heterocycles. The lowest BCUT2D eigenvalue weighted by molar-refractivity contribution is -0.134. The Kier molecular flexibility index (Phi) is 4.72. The zero-order valence-corrected chi connectivity index (χ0v) is 15.7. The van der Waals surface area contributed by atoms with Crippen molar-refractivity contribution in [1.29, 1.82) is 0 Å². The summed E-state index contributed by atoms with van der Waals surface area (Å²) in [4.78, 5) is 19.1. The van der Waals surface area contributed by atoms with Crippen LogP contribution in [0.3, 0.4) is 0 Å². The van der Waals surface area contributed by atoms with Crippen molar-refractivity contribution in [1.82, 2.24) is 15.0 Å². The summed E-state index contributed by atoms with van der Waals surface area (Å²) in [5.41, 5.74) is 0.621. The summed E-state index contributed by atoms with van der Waals surface area (Å²) in [5, 5.41) is 4.10. The molecule has 1 aromatic heterocycles. The minimum atomic E-state index is -0.303. The molecule has 2 aliphatic heterocycles. The van der Waals surface area contributed by atoms with Gasteiger partial charge in [-0.25, -0.2) is 4.39 Å². The second-order valence-electron chi connectivity index (χ2n) is 7.86. The lowest BCUT2D eigenvalue weighted by atomic mass is 9.72. The molecule has 3 heterocycles. The number of benzene rings is 1. The quantitative estimate of drug-likeness (QED) is 0.826. The van der Waals surface area contributed by atoms with Crippen LogP contribution in [0.5, 0.6) is 0 Å². The first-order valence-electron chi connectivity index (χ1n) is 9.45. The topological polar surface area (TPSA) is 68.5 Å². The van der Waals surface area contributed by atoms with E-state index in [9.17, 15) is 9.18 Å². The number of ether oxygens (including phenoxy) is 1. The van der Waals surface area contributed by atoms with Crippen LogP contribution in [-0.4, -0.2) is 47.3 Å². The maximum Gasteiger partial charge on any atom is 0.232 e. The van der Waals surface area contributed by atoms with E-state index in [2.05, 4.69) is 10.1 Å². The number of hydrogen-bond donors (Lipinski definition) is 0. The third-order valence-corrected chi connectivity index (χ3v) is 5.78. The molecule has 27 heavy (non-hydrogen) atoms. The van der Waals surface area contributed by atoms with Crippen LogP contribution in [-0.2, 0) is 9.53 Å². The summed E-state index contributed by atoms with van der Waals surface area (Å²) in [6.07, 6.45) is 1.74. The van der Waals surface area contributed by atoms with E-state index in [0.29, 0.717) is 43.6 Å². The second-order valence-corrected chi connectivity index (χ2v) is 7.86. The fourth-order valence-corrected chi connectivity index (χ4v) is 4.22. The van der Waals surface area contributed by atoms with Gasteiger partial charge in [-0.2, -0.15) is 4.98 Å². The Hall–Kier alpha value is -2.28. The van der Waals surface area contributed by atoms with Gasteiger partial charge < -0.3 is 14.2 Å². The zero-order valence-electron chi connectivity index (χ0n) is 15.7. The van der Waals surface area contributed by atoms with Crippen molar-refractivity contribution in [3.63, 3.8) is 0 Å². The zero-order chi connectivity index (χ0) is 19.0. The maximum atomic E-state index is 13.2. The highest BCUT2D eigenvalue weighted by atomic mass is 19.1. The van der Waals surface area contributed by atoms with Gasteiger partial charge >= 0.3 is 0 Å². The number of rotatable bonds is 3. The molecular weight excluding hydrogens is 349 g/mol. The molecule has 0 unspecified atom stereocenters. The smallest absolute Gasteiger partial charge is 0.232 e. The van der Waals surface area contributed by atoms with Crippen LogP contribution >= 0.6 is 0 Å². The normalized spacial score (nSPS) is 21.9. The van der Waals surface area contributed by atoms with Crippen molar-refractivity contribution in [2.75, 3.05) is 26.3 Å². The predicted octanol–water partition coefficient (Wildman–Crippen LogP) is 3.25. The van der Waals surface area contributed by atoms with Gasteiger partial charge in [0, 0.05) is 43.2 Å². The third kappa shape index (κ3) is 3.36. The highest BCUT2D eigenvalue weighted by molar-refractivity contribution is 5.78. The molecule has 4 rings (SSSR count). The Labute approximate surface area is 157 Å². The van der Waals surface area contributed by atoms with Crippen LogP contribution in [0.2, 0.25) is 0 Å². The molecule has 1 amide bonds. The summed E-state index contributed by atoms with van der Waals surface area (Å²) < 4.78 is 24.3. The minimum Gasteiger partial charge on any atom is -0.381 e. The van der Waals surface area contributed by atoms with E-state index >= 15 is 0 Å². The van der Waals surface area contributed by atoms with Crippen molar-refractivity contribution in [3.8, 4) is 11.4 Å². The number of nitrogens with zero attached hydrogens (tertiary/aromatic N) is 3. The van der Waals surface area contributed by atoms with Crippen LogP contribution in [0.4, 0.5) is 4.39 Å². The largest absolute Gasteiger partial charge is 0.381 e. The van der Waals surface area contributed by atoms with Crippen LogP contribution in [0.25, 0.3) is 11.4 Å². The van der Waals surface area contributed by atoms with E-state index in [1.54, 1.807) is 12.1 Å². The van der Waals surface area contributed by atoms with E-state index in [1.165, 1.54) is 12.1 Å². The van der Waals surface area contributed by atoms with Gasteiger partial charge in [-0.05, 0) is 37.1 Å². The van der Waals surface area contributed by atoms with Crippen LogP contribution in [0.1, 0.15) is 38.5 Å². The summed E-state index contributed by atoms with van der Waals surface area (Å²) in [5.74, 6) is 0.795. The molecule has 7 heteroatoms. The first kappa shape index (κ1) is 18.1. The Morgan fingerprint density at radius 1 is 1.26 bits per heavy atom. The monoisotopic (exact) mass is 373 g/mol. The number of likely N-dealkylation sites (tertiary alicyclic amines) is 1. The molecule has 1 spiro atoms. The molecule has 0 bridgehead atoms. The first-order chi connectivity index (χ1) is 13.0. The number of hydrogen-bond acceptors (Lipinski definition) is 5. The summed E-state index contributed by atoms with van der Waals surface area (Å²) >= 11 is 0.